The van der Waals surface area contributed by atoms with Gasteiger partial charge >= 0.3 is 0 Å². The zero-order chi connectivity index (χ0) is 15.1. The minimum absolute atomic E-state index is 0.0147. The highest BCUT2D eigenvalue weighted by molar-refractivity contribution is 7.16. The van der Waals surface area contributed by atoms with Gasteiger partial charge in [-0.3, -0.25) is 0 Å². The van der Waals surface area contributed by atoms with Gasteiger partial charge in [0, 0.05) is 10.4 Å². The van der Waals surface area contributed by atoms with E-state index in [0.717, 1.165) is 16.0 Å². The van der Waals surface area contributed by atoms with Gasteiger partial charge in [-0.25, -0.2) is 4.39 Å². The molecule has 0 atom stereocenters. The molecule has 2 heterocycles. The summed E-state index contributed by atoms with van der Waals surface area (Å²) in [5.74, 6) is 0.206. The average Bonchev–Trinajstić information content (AvgIpc) is 2.99. The maximum Gasteiger partial charge on any atom is 0.261 e. The number of nitrogens with two attached hydrogens (primary N) is 1. The third-order valence-electron chi connectivity index (χ3n) is 3.23. The predicted octanol–water partition coefficient (Wildman–Crippen LogP) is 4.46. The molecular weight excluding hydrogens is 313 g/mol. The number of hydrogen-bond donors (Lipinski definition) is 1. The highest BCUT2D eigenvalue weighted by Crippen LogP contribution is 2.37. The summed E-state index contributed by atoms with van der Waals surface area (Å²) in [6.45, 7) is 3.94. The molecule has 0 aliphatic carbocycles. The summed E-state index contributed by atoms with van der Waals surface area (Å²) >= 11 is 7.24. The standard InChI is InChI=1S/C14H11ClFN3OS/c1-6-7(2)21-12(17)11(6)14-18-13(19-20-14)8-3-4-10(16)9(15)5-8/h3-5H,17H2,1-2H3. The largest absolute Gasteiger partial charge is 0.390 e. The molecule has 0 radical (unpaired) electrons. The number of aromatic nitrogens is 2. The van der Waals surface area contributed by atoms with Crippen LogP contribution in [0.5, 0.6) is 0 Å². The monoisotopic (exact) mass is 323 g/mol. The summed E-state index contributed by atoms with van der Waals surface area (Å²) in [5.41, 5.74) is 8.34. The molecule has 7 heteroatoms. The second-order valence-corrected chi connectivity index (χ2v) is 6.24. The fourth-order valence-corrected chi connectivity index (χ4v) is 3.10. The van der Waals surface area contributed by atoms with Crippen LogP contribution in [0.25, 0.3) is 22.8 Å². The van der Waals surface area contributed by atoms with Gasteiger partial charge in [-0.05, 0) is 37.6 Å². The van der Waals surface area contributed by atoms with Gasteiger partial charge in [-0.15, -0.1) is 11.3 Å². The molecule has 0 saturated carbocycles. The van der Waals surface area contributed by atoms with Crippen LogP contribution in [0.2, 0.25) is 5.02 Å². The predicted molar refractivity (Wildman–Crippen MR) is 81.9 cm³/mol. The fraction of sp³-hybridized carbons (Fsp3) is 0.143. The molecule has 0 amide bonds. The SMILES string of the molecule is Cc1sc(N)c(-c2nc(-c3ccc(F)c(Cl)c3)no2)c1C. The first kappa shape index (κ1) is 14.0. The van der Waals surface area contributed by atoms with Crippen LogP contribution < -0.4 is 5.73 Å². The van der Waals surface area contributed by atoms with Crippen LogP contribution in [0.1, 0.15) is 10.4 Å². The van der Waals surface area contributed by atoms with Gasteiger partial charge in [0.25, 0.3) is 5.89 Å². The maximum atomic E-state index is 13.2. The van der Waals surface area contributed by atoms with Crippen molar-refractivity contribution in [3.8, 4) is 22.8 Å². The summed E-state index contributed by atoms with van der Waals surface area (Å²) in [6.07, 6.45) is 0. The van der Waals surface area contributed by atoms with Crippen molar-refractivity contribution in [3.05, 3.63) is 39.5 Å². The highest BCUT2D eigenvalue weighted by atomic mass is 35.5. The lowest BCUT2D eigenvalue weighted by Gasteiger charge is -1.97. The smallest absolute Gasteiger partial charge is 0.261 e. The normalized spacial score (nSPS) is 11.0. The number of anilines is 1. The van der Waals surface area contributed by atoms with Crippen LogP contribution in [-0.2, 0) is 0 Å². The Kier molecular flexibility index (Phi) is 3.43. The van der Waals surface area contributed by atoms with Crippen LogP contribution in [0.4, 0.5) is 9.39 Å². The Balaban J connectivity index is 2.05. The minimum atomic E-state index is -0.488. The highest BCUT2D eigenvalue weighted by Gasteiger charge is 2.19. The molecule has 0 unspecified atom stereocenters. The Labute approximate surface area is 129 Å². The molecule has 21 heavy (non-hydrogen) atoms. The second-order valence-electron chi connectivity index (χ2n) is 4.57. The van der Waals surface area contributed by atoms with E-state index in [1.54, 1.807) is 6.07 Å². The van der Waals surface area contributed by atoms with Crippen LogP contribution in [0, 0.1) is 19.7 Å². The molecule has 0 aliphatic heterocycles. The number of nitrogens with zero attached hydrogens (tertiary/aromatic N) is 2. The molecule has 108 valence electrons. The third kappa shape index (κ3) is 2.41. The third-order valence-corrected chi connectivity index (χ3v) is 4.56. The van der Waals surface area contributed by atoms with E-state index < -0.39 is 5.82 Å². The Morgan fingerprint density at radius 3 is 2.71 bits per heavy atom. The Morgan fingerprint density at radius 2 is 2.10 bits per heavy atom. The molecule has 0 saturated heterocycles. The molecule has 0 aliphatic rings. The van der Waals surface area contributed by atoms with Crippen LogP contribution in [0.15, 0.2) is 22.7 Å². The number of rotatable bonds is 2. The lowest BCUT2D eigenvalue weighted by Crippen LogP contribution is -1.87. The van der Waals surface area contributed by atoms with Crippen molar-refractivity contribution < 1.29 is 8.91 Å². The summed E-state index contributed by atoms with van der Waals surface area (Å²) in [7, 11) is 0. The van der Waals surface area contributed by atoms with Gasteiger partial charge < -0.3 is 10.3 Å². The van der Waals surface area contributed by atoms with E-state index in [4.69, 9.17) is 21.9 Å². The summed E-state index contributed by atoms with van der Waals surface area (Å²) in [5, 5.41) is 4.56. The van der Waals surface area contributed by atoms with Crippen molar-refractivity contribution in [1.82, 2.24) is 10.1 Å². The van der Waals surface area contributed by atoms with E-state index in [1.807, 2.05) is 13.8 Å². The summed E-state index contributed by atoms with van der Waals surface area (Å²) in [6, 6.07) is 4.27. The van der Waals surface area contributed by atoms with E-state index in [2.05, 4.69) is 10.1 Å². The van der Waals surface area contributed by atoms with E-state index in [0.29, 0.717) is 22.3 Å². The van der Waals surface area contributed by atoms with Gasteiger partial charge in [0.1, 0.15) is 5.82 Å². The molecule has 2 aromatic heterocycles. The minimum Gasteiger partial charge on any atom is -0.390 e. The van der Waals surface area contributed by atoms with Crippen LogP contribution in [0.3, 0.4) is 0 Å². The van der Waals surface area contributed by atoms with E-state index in [-0.39, 0.29) is 5.02 Å². The molecular formula is C14H11ClFN3OS. The van der Waals surface area contributed by atoms with Gasteiger partial charge in [0.2, 0.25) is 5.82 Å². The topological polar surface area (TPSA) is 64.9 Å². The van der Waals surface area contributed by atoms with E-state index >= 15 is 0 Å². The van der Waals surface area contributed by atoms with Crippen molar-refractivity contribution in [2.24, 2.45) is 0 Å². The lowest BCUT2D eigenvalue weighted by molar-refractivity contribution is 0.432. The van der Waals surface area contributed by atoms with Crippen molar-refractivity contribution in [2.75, 3.05) is 5.73 Å². The van der Waals surface area contributed by atoms with Gasteiger partial charge in [-0.2, -0.15) is 4.98 Å². The quantitative estimate of drug-likeness (QED) is 0.756. The molecule has 0 bridgehead atoms. The number of hydrogen-bond acceptors (Lipinski definition) is 5. The Morgan fingerprint density at radius 1 is 1.33 bits per heavy atom. The number of thiophene rings is 1. The molecule has 3 aromatic rings. The zero-order valence-corrected chi connectivity index (χ0v) is 12.8. The van der Waals surface area contributed by atoms with Crippen LogP contribution >= 0.6 is 22.9 Å². The molecule has 2 N–H and O–H groups in total. The van der Waals surface area contributed by atoms with Gasteiger partial charge in [0.15, 0.2) is 0 Å². The number of benzene rings is 1. The number of nitrogen functional groups attached to an aromatic ring is 1. The molecule has 0 spiro atoms. The average molecular weight is 324 g/mol. The van der Waals surface area contributed by atoms with Crippen molar-refractivity contribution in [3.63, 3.8) is 0 Å². The van der Waals surface area contributed by atoms with E-state index in [1.165, 1.54) is 23.5 Å². The molecule has 0 fully saturated rings. The summed E-state index contributed by atoms with van der Waals surface area (Å²) in [4.78, 5) is 5.43. The van der Waals surface area contributed by atoms with Gasteiger partial charge in [-0.1, -0.05) is 16.8 Å². The van der Waals surface area contributed by atoms with Crippen molar-refractivity contribution in [1.29, 1.82) is 0 Å². The Bertz CT molecular complexity index is 828. The van der Waals surface area contributed by atoms with Crippen molar-refractivity contribution in [2.45, 2.75) is 13.8 Å². The number of halogens is 2. The lowest BCUT2D eigenvalue weighted by atomic mass is 10.1. The molecule has 4 nitrogen and oxygen atoms in total. The molecule has 1 aromatic carbocycles. The van der Waals surface area contributed by atoms with Crippen LogP contribution in [-0.4, -0.2) is 10.1 Å². The number of aryl methyl sites for hydroxylation is 1. The first-order valence-electron chi connectivity index (χ1n) is 6.12. The first-order chi connectivity index (χ1) is 9.97. The fourth-order valence-electron chi connectivity index (χ4n) is 2.00. The zero-order valence-electron chi connectivity index (χ0n) is 11.3. The van der Waals surface area contributed by atoms with Gasteiger partial charge in [0.05, 0.1) is 15.6 Å². The van der Waals surface area contributed by atoms with Crippen molar-refractivity contribution >= 4 is 27.9 Å². The molecule has 3 rings (SSSR count). The second kappa shape index (κ2) is 5.13. The van der Waals surface area contributed by atoms with E-state index in [9.17, 15) is 4.39 Å². The first-order valence-corrected chi connectivity index (χ1v) is 7.31. The summed E-state index contributed by atoms with van der Waals surface area (Å²) < 4.78 is 18.5. The maximum absolute atomic E-state index is 13.2. The Hall–Kier alpha value is -1.92.